The van der Waals surface area contributed by atoms with Gasteiger partial charge in [-0.15, -0.1) is 0 Å². The second-order valence-corrected chi connectivity index (χ2v) is 5.94. The summed E-state index contributed by atoms with van der Waals surface area (Å²) in [7, 11) is 2.13. The van der Waals surface area contributed by atoms with Crippen LogP contribution in [0.2, 0.25) is 0 Å². The molecule has 0 aliphatic carbocycles. The average molecular weight is 329 g/mol. The molecule has 5 heteroatoms. The zero-order valence-corrected chi connectivity index (χ0v) is 12.8. The summed E-state index contributed by atoms with van der Waals surface area (Å²) in [4.78, 5) is 4.59. The van der Waals surface area contributed by atoms with Crippen LogP contribution in [0, 0.1) is 0 Å². The molecule has 0 unspecified atom stereocenters. The first kappa shape index (κ1) is 14.8. The summed E-state index contributed by atoms with van der Waals surface area (Å²) < 4.78 is 6.60. The van der Waals surface area contributed by atoms with Gasteiger partial charge in [-0.05, 0) is 31.3 Å². The summed E-state index contributed by atoms with van der Waals surface area (Å²) in [6, 6.07) is 7.66. The number of benzene rings is 1. The standard InChI is InChI=1S/C14H21BrN2O2/c1-16-6-8-17(9-7-16)10-13(18)11-19-14-4-2-12(15)3-5-14/h2-5,13,18H,6-11H2,1H3/t13-/m0/s1. The zero-order valence-electron chi connectivity index (χ0n) is 11.3. The van der Waals surface area contributed by atoms with Crippen molar-refractivity contribution in [1.82, 2.24) is 9.80 Å². The van der Waals surface area contributed by atoms with Gasteiger partial charge >= 0.3 is 0 Å². The van der Waals surface area contributed by atoms with Gasteiger partial charge in [0.25, 0.3) is 0 Å². The van der Waals surface area contributed by atoms with Crippen molar-refractivity contribution < 1.29 is 9.84 Å². The number of hydrogen-bond donors (Lipinski definition) is 1. The second kappa shape index (κ2) is 7.24. The zero-order chi connectivity index (χ0) is 13.7. The summed E-state index contributed by atoms with van der Waals surface area (Å²) in [6.45, 7) is 5.20. The maximum absolute atomic E-state index is 9.99. The van der Waals surface area contributed by atoms with Gasteiger partial charge in [0.1, 0.15) is 18.5 Å². The maximum atomic E-state index is 9.99. The summed E-state index contributed by atoms with van der Waals surface area (Å²) in [5.41, 5.74) is 0. The van der Waals surface area contributed by atoms with Crippen molar-refractivity contribution >= 4 is 15.9 Å². The number of hydrogen-bond acceptors (Lipinski definition) is 4. The Morgan fingerprint density at radius 1 is 1.21 bits per heavy atom. The quantitative estimate of drug-likeness (QED) is 0.887. The predicted octanol–water partition coefficient (Wildman–Crippen LogP) is 1.44. The van der Waals surface area contributed by atoms with Crippen molar-refractivity contribution in [1.29, 1.82) is 0 Å². The molecule has 0 radical (unpaired) electrons. The highest BCUT2D eigenvalue weighted by molar-refractivity contribution is 9.10. The van der Waals surface area contributed by atoms with E-state index in [9.17, 15) is 5.11 Å². The van der Waals surface area contributed by atoms with Crippen molar-refractivity contribution in [3.05, 3.63) is 28.7 Å². The van der Waals surface area contributed by atoms with Crippen LogP contribution in [0.3, 0.4) is 0 Å². The largest absolute Gasteiger partial charge is 0.491 e. The minimum Gasteiger partial charge on any atom is -0.491 e. The van der Waals surface area contributed by atoms with Crippen LogP contribution in [0.25, 0.3) is 0 Å². The minimum absolute atomic E-state index is 0.341. The normalized spacial score (nSPS) is 19.3. The SMILES string of the molecule is CN1CCN(C[C@H](O)COc2ccc(Br)cc2)CC1. The van der Waals surface area contributed by atoms with Crippen molar-refractivity contribution in [2.45, 2.75) is 6.10 Å². The van der Waals surface area contributed by atoms with Crippen molar-refractivity contribution in [3.8, 4) is 5.75 Å². The van der Waals surface area contributed by atoms with Crippen molar-refractivity contribution in [2.24, 2.45) is 0 Å². The van der Waals surface area contributed by atoms with E-state index in [4.69, 9.17) is 4.74 Å². The lowest BCUT2D eigenvalue weighted by atomic mass is 10.3. The highest BCUT2D eigenvalue weighted by atomic mass is 79.9. The van der Waals surface area contributed by atoms with Crippen LogP contribution in [0.4, 0.5) is 0 Å². The van der Waals surface area contributed by atoms with Gasteiger partial charge in [0.15, 0.2) is 0 Å². The number of ether oxygens (including phenoxy) is 1. The van der Waals surface area contributed by atoms with Crippen molar-refractivity contribution in [2.75, 3.05) is 46.4 Å². The molecule has 1 aromatic rings. The van der Waals surface area contributed by atoms with Crippen LogP contribution in [0.1, 0.15) is 0 Å². The van der Waals surface area contributed by atoms with E-state index in [1.165, 1.54) is 0 Å². The first-order valence-corrected chi connectivity index (χ1v) is 7.40. The molecule has 1 N–H and O–H groups in total. The molecule has 1 atom stereocenters. The fraction of sp³-hybridized carbons (Fsp3) is 0.571. The molecule has 1 saturated heterocycles. The molecule has 0 saturated carbocycles. The van der Waals surface area contributed by atoms with E-state index in [1.807, 2.05) is 24.3 Å². The summed E-state index contributed by atoms with van der Waals surface area (Å²) in [5, 5.41) is 9.99. The first-order chi connectivity index (χ1) is 9.13. The van der Waals surface area contributed by atoms with Crippen LogP contribution in [-0.4, -0.2) is 67.4 Å². The Hall–Kier alpha value is -0.620. The van der Waals surface area contributed by atoms with Gasteiger partial charge in [0.05, 0.1) is 0 Å². The third-order valence-electron chi connectivity index (χ3n) is 3.32. The molecule has 4 nitrogen and oxygen atoms in total. The van der Waals surface area contributed by atoms with Crippen LogP contribution < -0.4 is 4.74 Å². The van der Waals surface area contributed by atoms with Crippen LogP contribution in [0.5, 0.6) is 5.75 Å². The van der Waals surface area contributed by atoms with Gasteiger partial charge in [-0.25, -0.2) is 0 Å². The Morgan fingerprint density at radius 3 is 2.47 bits per heavy atom. The van der Waals surface area contributed by atoms with Crippen molar-refractivity contribution in [3.63, 3.8) is 0 Å². The van der Waals surface area contributed by atoms with E-state index in [2.05, 4.69) is 32.8 Å². The first-order valence-electron chi connectivity index (χ1n) is 6.61. The number of aliphatic hydroxyl groups excluding tert-OH is 1. The molecule has 106 valence electrons. The maximum Gasteiger partial charge on any atom is 0.119 e. The number of rotatable bonds is 5. The fourth-order valence-electron chi connectivity index (χ4n) is 2.10. The third kappa shape index (κ3) is 5.10. The minimum atomic E-state index is -0.438. The lowest BCUT2D eigenvalue weighted by Crippen LogP contribution is -2.47. The lowest BCUT2D eigenvalue weighted by Gasteiger charge is -2.33. The Bertz CT molecular complexity index is 378. The van der Waals surface area contributed by atoms with E-state index >= 15 is 0 Å². The lowest BCUT2D eigenvalue weighted by molar-refractivity contribution is 0.0505. The predicted molar refractivity (Wildman–Crippen MR) is 79.6 cm³/mol. The van der Waals surface area contributed by atoms with E-state index in [0.29, 0.717) is 13.2 Å². The van der Waals surface area contributed by atoms with Crippen LogP contribution >= 0.6 is 15.9 Å². The van der Waals surface area contributed by atoms with E-state index < -0.39 is 6.10 Å². The third-order valence-corrected chi connectivity index (χ3v) is 3.85. The molecule has 0 spiro atoms. The topological polar surface area (TPSA) is 35.9 Å². The molecule has 1 aliphatic rings. The van der Waals surface area contributed by atoms with Gasteiger partial charge < -0.3 is 14.7 Å². The van der Waals surface area contributed by atoms with Crippen LogP contribution in [0.15, 0.2) is 28.7 Å². The van der Waals surface area contributed by atoms with Crippen LogP contribution in [-0.2, 0) is 0 Å². The molecule has 0 bridgehead atoms. The van der Waals surface area contributed by atoms with Gasteiger partial charge in [0, 0.05) is 37.2 Å². The van der Waals surface area contributed by atoms with Gasteiger partial charge in [0.2, 0.25) is 0 Å². The molecule has 19 heavy (non-hydrogen) atoms. The highest BCUT2D eigenvalue weighted by Gasteiger charge is 2.17. The average Bonchev–Trinajstić information content (AvgIpc) is 2.41. The molecule has 1 aromatic carbocycles. The molecule has 2 rings (SSSR count). The smallest absolute Gasteiger partial charge is 0.119 e. The number of likely N-dealkylation sites (N-methyl/N-ethyl adjacent to an activating group) is 1. The van der Waals surface area contributed by atoms with E-state index in [-0.39, 0.29) is 0 Å². The summed E-state index contributed by atoms with van der Waals surface area (Å²) in [5.74, 6) is 0.792. The number of aliphatic hydroxyl groups is 1. The fourth-order valence-corrected chi connectivity index (χ4v) is 2.37. The number of β-amino-alcohol motifs (C(OH)–C–C–N with tert-alkyl or cyclic N) is 1. The van der Waals surface area contributed by atoms with Gasteiger partial charge in [-0.3, -0.25) is 4.90 Å². The van der Waals surface area contributed by atoms with E-state index in [1.54, 1.807) is 0 Å². The van der Waals surface area contributed by atoms with Gasteiger partial charge in [-0.1, -0.05) is 15.9 Å². The monoisotopic (exact) mass is 328 g/mol. The highest BCUT2D eigenvalue weighted by Crippen LogP contribution is 2.16. The summed E-state index contributed by atoms with van der Waals surface area (Å²) >= 11 is 3.38. The number of halogens is 1. The molecule has 0 aromatic heterocycles. The molecular weight excluding hydrogens is 308 g/mol. The molecular formula is C14H21BrN2O2. The Kier molecular flexibility index (Phi) is 5.63. The Labute approximate surface area is 123 Å². The Morgan fingerprint density at radius 2 is 1.84 bits per heavy atom. The second-order valence-electron chi connectivity index (χ2n) is 5.02. The molecule has 0 amide bonds. The van der Waals surface area contributed by atoms with E-state index in [0.717, 1.165) is 36.4 Å². The molecule has 1 heterocycles. The number of piperazine rings is 1. The summed E-state index contributed by atoms with van der Waals surface area (Å²) in [6.07, 6.45) is -0.438. The molecule has 1 fully saturated rings. The molecule has 1 aliphatic heterocycles. The van der Waals surface area contributed by atoms with Gasteiger partial charge in [-0.2, -0.15) is 0 Å². The Balaban J connectivity index is 1.69. The number of nitrogens with zero attached hydrogens (tertiary/aromatic N) is 2.